The zero-order valence-corrected chi connectivity index (χ0v) is 16.1. The van der Waals surface area contributed by atoms with Crippen LogP contribution in [-0.4, -0.2) is 24.5 Å². The third-order valence-corrected chi connectivity index (χ3v) is 5.17. The molecule has 0 saturated heterocycles. The van der Waals surface area contributed by atoms with Gasteiger partial charge in [0, 0.05) is 41.0 Å². The van der Waals surface area contributed by atoms with Crippen LogP contribution in [0.1, 0.15) is 25.6 Å². The lowest BCUT2D eigenvalue weighted by Gasteiger charge is -2.09. The minimum absolute atomic E-state index is 0.255. The highest BCUT2D eigenvalue weighted by Gasteiger charge is 2.16. The SMILES string of the molecule is Cc1csc(Nc2nccc(-c3cn(C(C)C)c4c(Cl)nccc34)n2)n1. The number of halogens is 1. The molecule has 0 saturated carbocycles. The second-order valence-corrected chi connectivity index (χ2v) is 7.44. The molecule has 8 heteroatoms. The number of nitrogens with zero attached hydrogens (tertiary/aromatic N) is 5. The molecule has 4 heterocycles. The molecule has 0 aliphatic carbocycles. The van der Waals surface area contributed by atoms with Gasteiger partial charge in [0.1, 0.15) is 0 Å². The summed E-state index contributed by atoms with van der Waals surface area (Å²) < 4.78 is 2.12. The van der Waals surface area contributed by atoms with E-state index in [1.807, 2.05) is 24.4 Å². The van der Waals surface area contributed by atoms with Crippen molar-refractivity contribution in [1.82, 2.24) is 24.5 Å². The average molecular weight is 385 g/mol. The fraction of sp³-hybridized carbons (Fsp3) is 0.222. The topological polar surface area (TPSA) is 68.5 Å². The van der Waals surface area contributed by atoms with Crippen molar-refractivity contribution in [3.8, 4) is 11.3 Å². The van der Waals surface area contributed by atoms with Crippen LogP contribution in [0.5, 0.6) is 0 Å². The lowest BCUT2D eigenvalue weighted by Crippen LogP contribution is -1.99. The fourth-order valence-electron chi connectivity index (χ4n) is 2.85. The number of anilines is 2. The van der Waals surface area contributed by atoms with Crippen molar-refractivity contribution >= 4 is 44.9 Å². The first kappa shape index (κ1) is 16.9. The van der Waals surface area contributed by atoms with Gasteiger partial charge in [0.05, 0.1) is 16.9 Å². The van der Waals surface area contributed by atoms with Gasteiger partial charge in [-0.05, 0) is 32.9 Å². The zero-order chi connectivity index (χ0) is 18.3. The highest BCUT2D eigenvalue weighted by atomic mass is 35.5. The minimum Gasteiger partial charge on any atom is -0.342 e. The number of thiazole rings is 1. The maximum Gasteiger partial charge on any atom is 0.229 e. The first-order valence-corrected chi connectivity index (χ1v) is 9.46. The van der Waals surface area contributed by atoms with E-state index in [1.165, 1.54) is 11.3 Å². The van der Waals surface area contributed by atoms with Crippen molar-refractivity contribution < 1.29 is 0 Å². The summed E-state index contributed by atoms with van der Waals surface area (Å²) >= 11 is 7.89. The third kappa shape index (κ3) is 3.04. The zero-order valence-electron chi connectivity index (χ0n) is 14.6. The van der Waals surface area contributed by atoms with Gasteiger partial charge >= 0.3 is 0 Å². The van der Waals surface area contributed by atoms with Crippen molar-refractivity contribution in [1.29, 1.82) is 0 Å². The summed E-state index contributed by atoms with van der Waals surface area (Å²) in [6.07, 6.45) is 5.53. The van der Waals surface area contributed by atoms with Crippen LogP contribution in [0.15, 0.2) is 36.1 Å². The molecule has 0 radical (unpaired) electrons. The smallest absolute Gasteiger partial charge is 0.229 e. The van der Waals surface area contributed by atoms with E-state index in [0.717, 1.165) is 33.0 Å². The van der Waals surface area contributed by atoms with Crippen molar-refractivity contribution in [2.45, 2.75) is 26.8 Å². The van der Waals surface area contributed by atoms with Gasteiger partial charge in [-0.1, -0.05) is 11.6 Å². The van der Waals surface area contributed by atoms with E-state index >= 15 is 0 Å². The summed E-state index contributed by atoms with van der Waals surface area (Å²) in [7, 11) is 0. The molecule has 4 aromatic heterocycles. The van der Waals surface area contributed by atoms with Crippen LogP contribution in [0.2, 0.25) is 5.15 Å². The number of hydrogen-bond donors (Lipinski definition) is 1. The van der Waals surface area contributed by atoms with Gasteiger partial charge in [-0.2, -0.15) is 0 Å². The summed E-state index contributed by atoms with van der Waals surface area (Å²) in [5.74, 6) is 0.516. The van der Waals surface area contributed by atoms with Crippen LogP contribution in [0.4, 0.5) is 11.1 Å². The van der Waals surface area contributed by atoms with E-state index in [9.17, 15) is 0 Å². The number of nitrogens with one attached hydrogen (secondary N) is 1. The van der Waals surface area contributed by atoms with Gasteiger partial charge in [0.15, 0.2) is 10.3 Å². The Hall–Kier alpha value is -2.51. The second kappa shape index (κ2) is 6.66. The van der Waals surface area contributed by atoms with Crippen molar-refractivity contribution in [3.63, 3.8) is 0 Å². The largest absolute Gasteiger partial charge is 0.342 e. The Labute approximate surface area is 159 Å². The van der Waals surface area contributed by atoms with Crippen LogP contribution in [-0.2, 0) is 0 Å². The van der Waals surface area contributed by atoms with E-state index in [0.29, 0.717) is 11.1 Å². The number of fused-ring (bicyclic) bond motifs is 1. The van der Waals surface area contributed by atoms with Gasteiger partial charge in [0.2, 0.25) is 5.95 Å². The molecular weight excluding hydrogens is 368 g/mol. The van der Waals surface area contributed by atoms with Crippen LogP contribution < -0.4 is 5.32 Å². The Morgan fingerprint density at radius 3 is 2.69 bits per heavy atom. The van der Waals surface area contributed by atoms with Crippen LogP contribution >= 0.6 is 22.9 Å². The number of aryl methyl sites for hydroxylation is 1. The van der Waals surface area contributed by atoms with E-state index < -0.39 is 0 Å². The van der Waals surface area contributed by atoms with Gasteiger partial charge in [-0.25, -0.2) is 19.9 Å². The lowest BCUT2D eigenvalue weighted by molar-refractivity contribution is 0.623. The predicted molar refractivity (Wildman–Crippen MR) is 106 cm³/mol. The molecule has 0 spiro atoms. The maximum absolute atomic E-state index is 6.36. The molecule has 0 aliphatic rings. The molecule has 0 aromatic carbocycles. The van der Waals surface area contributed by atoms with Gasteiger partial charge < -0.3 is 9.88 Å². The van der Waals surface area contributed by atoms with E-state index in [1.54, 1.807) is 12.4 Å². The van der Waals surface area contributed by atoms with Crippen molar-refractivity contribution in [2.75, 3.05) is 5.32 Å². The summed E-state index contributed by atoms with van der Waals surface area (Å²) in [6.45, 7) is 6.19. The van der Waals surface area contributed by atoms with Crippen LogP contribution in [0.25, 0.3) is 22.2 Å². The Bertz CT molecular complexity index is 1080. The van der Waals surface area contributed by atoms with Gasteiger partial charge in [0.25, 0.3) is 0 Å². The number of pyridine rings is 1. The molecule has 0 atom stereocenters. The third-order valence-electron chi connectivity index (χ3n) is 4.02. The number of rotatable bonds is 4. The molecule has 132 valence electrons. The molecule has 0 bridgehead atoms. The highest BCUT2D eigenvalue weighted by molar-refractivity contribution is 7.13. The summed E-state index contributed by atoms with van der Waals surface area (Å²) in [5, 5.41) is 7.44. The molecule has 26 heavy (non-hydrogen) atoms. The normalized spacial score (nSPS) is 11.4. The van der Waals surface area contributed by atoms with Crippen molar-refractivity contribution in [2.24, 2.45) is 0 Å². The van der Waals surface area contributed by atoms with Gasteiger partial charge in [-0.15, -0.1) is 11.3 Å². The van der Waals surface area contributed by atoms with Crippen LogP contribution in [0.3, 0.4) is 0 Å². The molecule has 0 amide bonds. The molecule has 4 rings (SSSR count). The van der Waals surface area contributed by atoms with E-state index in [2.05, 4.69) is 49.9 Å². The second-order valence-electron chi connectivity index (χ2n) is 6.23. The molecule has 6 nitrogen and oxygen atoms in total. The Morgan fingerprint density at radius 1 is 1.15 bits per heavy atom. The Morgan fingerprint density at radius 2 is 1.96 bits per heavy atom. The quantitative estimate of drug-likeness (QED) is 0.487. The van der Waals surface area contributed by atoms with E-state index in [-0.39, 0.29) is 6.04 Å². The molecule has 0 unspecified atom stereocenters. The molecule has 4 aromatic rings. The maximum atomic E-state index is 6.36. The summed E-state index contributed by atoms with van der Waals surface area (Å²) in [4.78, 5) is 17.6. The Balaban J connectivity index is 1.81. The summed E-state index contributed by atoms with van der Waals surface area (Å²) in [5.41, 5.74) is 3.71. The van der Waals surface area contributed by atoms with Gasteiger partial charge in [-0.3, -0.25) is 0 Å². The van der Waals surface area contributed by atoms with E-state index in [4.69, 9.17) is 11.6 Å². The number of aromatic nitrogens is 5. The number of hydrogen-bond acceptors (Lipinski definition) is 6. The molecular formula is C18H17ClN6S. The summed E-state index contributed by atoms with van der Waals surface area (Å²) in [6, 6.07) is 4.12. The predicted octanol–water partition coefficient (Wildman–Crippen LogP) is 5.24. The van der Waals surface area contributed by atoms with Crippen molar-refractivity contribution in [3.05, 3.63) is 47.0 Å². The molecule has 0 aliphatic heterocycles. The standard InChI is InChI=1S/C18H17ClN6S/c1-10(2)25-8-13(12-4-6-20-16(19)15(12)25)14-5-7-21-17(23-14)24-18-22-11(3)9-26-18/h4-10H,1-3H3,(H,21,22,23,24). The first-order chi connectivity index (χ1) is 12.5. The Kier molecular flexibility index (Phi) is 4.34. The highest BCUT2D eigenvalue weighted by Crippen LogP contribution is 2.34. The minimum atomic E-state index is 0.255. The first-order valence-electron chi connectivity index (χ1n) is 8.20. The average Bonchev–Trinajstić information content (AvgIpc) is 3.20. The lowest BCUT2D eigenvalue weighted by atomic mass is 10.1. The molecule has 1 N–H and O–H groups in total. The van der Waals surface area contributed by atoms with Crippen LogP contribution in [0, 0.1) is 6.92 Å². The fourth-order valence-corrected chi connectivity index (χ4v) is 3.79. The monoisotopic (exact) mass is 384 g/mol. The molecule has 0 fully saturated rings.